The van der Waals surface area contributed by atoms with Crippen LogP contribution in [0.1, 0.15) is 11.4 Å². The van der Waals surface area contributed by atoms with Gasteiger partial charge in [0, 0.05) is 31.1 Å². The lowest BCUT2D eigenvalue weighted by molar-refractivity contribution is 0.694. The summed E-state index contributed by atoms with van der Waals surface area (Å²) >= 11 is 0. The molecule has 0 unspecified atom stereocenters. The maximum atomic E-state index is 5.74. The van der Waals surface area contributed by atoms with Crippen LogP contribution in [0.2, 0.25) is 0 Å². The number of imidazole rings is 1. The van der Waals surface area contributed by atoms with E-state index in [2.05, 4.69) is 9.97 Å². The summed E-state index contributed by atoms with van der Waals surface area (Å²) in [6.45, 7) is 2.76. The van der Waals surface area contributed by atoms with E-state index >= 15 is 0 Å². The Hall–Kier alpha value is -1.84. The fourth-order valence-corrected chi connectivity index (χ4v) is 1.53. The van der Waals surface area contributed by atoms with Gasteiger partial charge in [-0.2, -0.15) is 0 Å². The Bertz CT molecular complexity index is 433. The van der Waals surface area contributed by atoms with E-state index in [-0.39, 0.29) is 0 Å². The van der Waals surface area contributed by atoms with Crippen molar-refractivity contribution < 1.29 is 0 Å². The predicted octanol–water partition coefficient (Wildman–Crippen LogP) is 1.41. The van der Waals surface area contributed by atoms with Crippen molar-refractivity contribution in [2.45, 2.75) is 19.9 Å². The number of pyridine rings is 1. The van der Waals surface area contributed by atoms with Gasteiger partial charge in [-0.25, -0.2) is 4.98 Å². The van der Waals surface area contributed by atoms with Gasteiger partial charge in [-0.15, -0.1) is 0 Å². The van der Waals surface area contributed by atoms with Crippen molar-refractivity contribution in [2.75, 3.05) is 5.73 Å². The molecule has 78 valence electrons. The van der Waals surface area contributed by atoms with E-state index < -0.39 is 0 Å². The van der Waals surface area contributed by atoms with E-state index in [0.29, 0.717) is 5.95 Å². The lowest BCUT2D eigenvalue weighted by Crippen LogP contribution is -2.05. The predicted molar refractivity (Wildman–Crippen MR) is 59.3 cm³/mol. The first kappa shape index (κ1) is 9.71. The number of rotatable bonds is 3. The summed E-state index contributed by atoms with van der Waals surface area (Å²) in [5.74, 6) is 0.573. The van der Waals surface area contributed by atoms with Crippen LogP contribution in [0.4, 0.5) is 5.95 Å². The van der Waals surface area contributed by atoms with E-state index in [1.54, 1.807) is 6.20 Å². The molecule has 0 aromatic carbocycles. The second kappa shape index (κ2) is 4.13. The van der Waals surface area contributed by atoms with Crippen LogP contribution in [0.25, 0.3) is 0 Å². The van der Waals surface area contributed by atoms with Gasteiger partial charge in [0.05, 0.1) is 5.69 Å². The molecular weight excluding hydrogens is 188 g/mol. The highest BCUT2D eigenvalue weighted by molar-refractivity contribution is 5.21. The Morgan fingerprint density at radius 1 is 1.40 bits per heavy atom. The molecule has 0 radical (unpaired) electrons. The number of nitrogens with two attached hydrogens (primary N) is 1. The molecule has 15 heavy (non-hydrogen) atoms. The van der Waals surface area contributed by atoms with Crippen LogP contribution in [0.15, 0.2) is 30.6 Å². The van der Waals surface area contributed by atoms with Gasteiger partial charge in [0.2, 0.25) is 0 Å². The van der Waals surface area contributed by atoms with Crippen LogP contribution in [-0.4, -0.2) is 14.5 Å². The first-order valence-corrected chi connectivity index (χ1v) is 4.95. The van der Waals surface area contributed by atoms with E-state index in [9.17, 15) is 0 Å². The molecular formula is C11H14N4. The first-order chi connectivity index (χ1) is 7.25. The highest BCUT2D eigenvalue weighted by atomic mass is 15.1. The van der Waals surface area contributed by atoms with Crippen molar-refractivity contribution in [2.24, 2.45) is 0 Å². The molecule has 2 heterocycles. The van der Waals surface area contributed by atoms with Crippen molar-refractivity contribution in [1.82, 2.24) is 14.5 Å². The number of aromatic nitrogens is 3. The van der Waals surface area contributed by atoms with Crippen molar-refractivity contribution in [1.29, 1.82) is 0 Å². The maximum absolute atomic E-state index is 5.74. The SMILES string of the molecule is Cc1cn(CCc2ccccn2)c(N)n1. The Morgan fingerprint density at radius 2 is 2.27 bits per heavy atom. The Balaban J connectivity index is 2.02. The molecule has 0 aliphatic heterocycles. The molecule has 0 fully saturated rings. The number of hydrogen-bond donors (Lipinski definition) is 1. The fourth-order valence-electron chi connectivity index (χ4n) is 1.53. The van der Waals surface area contributed by atoms with Gasteiger partial charge in [0.1, 0.15) is 0 Å². The summed E-state index contributed by atoms with van der Waals surface area (Å²) in [5, 5.41) is 0. The lowest BCUT2D eigenvalue weighted by atomic mass is 10.3. The van der Waals surface area contributed by atoms with E-state index in [1.165, 1.54) is 0 Å². The topological polar surface area (TPSA) is 56.7 Å². The number of nitrogen functional groups attached to an aromatic ring is 1. The third-order valence-corrected chi connectivity index (χ3v) is 2.26. The molecule has 2 aromatic rings. The van der Waals surface area contributed by atoms with Crippen molar-refractivity contribution in [3.05, 3.63) is 42.0 Å². The van der Waals surface area contributed by atoms with Crippen LogP contribution < -0.4 is 5.73 Å². The smallest absolute Gasteiger partial charge is 0.200 e. The van der Waals surface area contributed by atoms with Crippen molar-refractivity contribution in [3.8, 4) is 0 Å². The summed E-state index contributed by atoms with van der Waals surface area (Å²) in [4.78, 5) is 8.40. The monoisotopic (exact) mass is 202 g/mol. The first-order valence-electron chi connectivity index (χ1n) is 4.95. The Labute approximate surface area is 88.8 Å². The highest BCUT2D eigenvalue weighted by Crippen LogP contribution is 2.05. The van der Waals surface area contributed by atoms with Gasteiger partial charge < -0.3 is 10.3 Å². The minimum absolute atomic E-state index is 0.573. The quantitative estimate of drug-likeness (QED) is 0.818. The Morgan fingerprint density at radius 3 is 2.87 bits per heavy atom. The molecule has 0 bridgehead atoms. The minimum Gasteiger partial charge on any atom is -0.369 e. The van der Waals surface area contributed by atoms with E-state index in [1.807, 2.05) is 35.9 Å². The molecule has 0 aliphatic rings. The zero-order valence-corrected chi connectivity index (χ0v) is 8.72. The van der Waals surface area contributed by atoms with Gasteiger partial charge in [0.25, 0.3) is 0 Å². The van der Waals surface area contributed by atoms with Crippen LogP contribution in [0.5, 0.6) is 0 Å². The van der Waals surface area contributed by atoms with Crippen LogP contribution in [0.3, 0.4) is 0 Å². The van der Waals surface area contributed by atoms with Gasteiger partial charge in [-0.1, -0.05) is 6.07 Å². The Kier molecular flexibility index (Phi) is 2.67. The molecule has 0 aliphatic carbocycles. The standard InChI is InChI=1S/C11H14N4/c1-9-8-15(11(12)14-9)7-5-10-4-2-3-6-13-10/h2-4,6,8H,5,7H2,1H3,(H2,12,14). The zero-order chi connectivity index (χ0) is 10.7. The molecule has 0 spiro atoms. The van der Waals surface area contributed by atoms with Crippen LogP contribution in [0, 0.1) is 6.92 Å². The molecule has 4 nitrogen and oxygen atoms in total. The second-order valence-electron chi connectivity index (χ2n) is 3.50. The minimum atomic E-state index is 0.573. The number of anilines is 1. The number of hydrogen-bond acceptors (Lipinski definition) is 3. The molecule has 0 saturated carbocycles. The van der Waals surface area contributed by atoms with Gasteiger partial charge in [-0.05, 0) is 19.1 Å². The number of aryl methyl sites for hydroxylation is 3. The molecule has 2 N–H and O–H groups in total. The van der Waals surface area contributed by atoms with Crippen molar-refractivity contribution in [3.63, 3.8) is 0 Å². The third-order valence-electron chi connectivity index (χ3n) is 2.26. The molecule has 2 rings (SSSR count). The summed E-state index contributed by atoms with van der Waals surface area (Å²) in [5.41, 5.74) is 7.76. The fraction of sp³-hybridized carbons (Fsp3) is 0.273. The van der Waals surface area contributed by atoms with Gasteiger partial charge in [-0.3, -0.25) is 4.98 Å². The summed E-state index contributed by atoms with van der Waals surface area (Å²) in [6, 6.07) is 5.92. The normalized spacial score (nSPS) is 10.5. The zero-order valence-electron chi connectivity index (χ0n) is 8.72. The van der Waals surface area contributed by atoms with E-state index in [4.69, 9.17) is 5.73 Å². The number of nitrogens with zero attached hydrogens (tertiary/aromatic N) is 3. The second-order valence-corrected chi connectivity index (χ2v) is 3.50. The lowest BCUT2D eigenvalue weighted by Gasteiger charge is -2.03. The van der Waals surface area contributed by atoms with E-state index in [0.717, 1.165) is 24.4 Å². The third kappa shape index (κ3) is 2.34. The largest absolute Gasteiger partial charge is 0.369 e. The van der Waals surface area contributed by atoms with Gasteiger partial charge in [0.15, 0.2) is 5.95 Å². The van der Waals surface area contributed by atoms with Crippen molar-refractivity contribution >= 4 is 5.95 Å². The average molecular weight is 202 g/mol. The van der Waals surface area contributed by atoms with Gasteiger partial charge >= 0.3 is 0 Å². The maximum Gasteiger partial charge on any atom is 0.200 e. The molecule has 0 atom stereocenters. The molecule has 0 amide bonds. The molecule has 4 heteroatoms. The summed E-state index contributed by atoms with van der Waals surface area (Å²) in [6.07, 6.45) is 4.64. The molecule has 2 aromatic heterocycles. The molecule has 0 saturated heterocycles. The summed E-state index contributed by atoms with van der Waals surface area (Å²) in [7, 11) is 0. The van der Waals surface area contributed by atoms with Crippen LogP contribution >= 0.6 is 0 Å². The highest BCUT2D eigenvalue weighted by Gasteiger charge is 2.01. The average Bonchev–Trinajstić information content (AvgIpc) is 2.56. The summed E-state index contributed by atoms with van der Waals surface area (Å²) < 4.78 is 1.95. The van der Waals surface area contributed by atoms with Crippen LogP contribution in [-0.2, 0) is 13.0 Å².